The molecule has 320 valence electrons. The van der Waals surface area contributed by atoms with Crippen LogP contribution in [0.15, 0.2) is 78.4 Å². The van der Waals surface area contributed by atoms with Crippen molar-refractivity contribution in [2.75, 3.05) is 35.0 Å². The molecule has 0 radical (unpaired) electrons. The number of ketones is 1. The number of carbonyl (C=O) groups excluding carboxylic acids is 2. The van der Waals surface area contributed by atoms with Gasteiger partial charge < -0.3 is 34.1 Å². The van der Waals surface area contributed by atoms with Gasteiger partial charge in [-0.1, -0.05) is 55.8 Å². The van der Waals surface area contributed by atoms with Gasteiger partial charge in [-0.2, -0.15) is 0 Å². The van der Waals surface area contributed by atoms with E-state index in [9.17, 15) is 19.8 Å². The summed E-state index contributed by atoms with van der Waals surface area (Å²) in [7, 11) is 6.29. The summed E-state index contributed by atoms with van der Waals surface area (Å²) in [5.74, 6) is 1.25. The standard InChI is InChI=1S/C49H57ClFNO8/c1-45-17-14-32(53)26-47(45)20-21-49(35(27-47)38(54)25-34-36(50)8-7-9-37(34)51)42(45)15-18-46(2)43(49)16-19-48(46,56)29-52(28-31-11-12-33(57-3)24-40(31)59-5)44(55)23-30-10-13-39(58-4)41(22-30)60-6/h7-13,20-22,24,27,32,42-43,53,56H,14-19,23,25-26,28-29H2,1-6H3. The number of rotatable bonds is 13. The Hall–Kier alpha value is -4.38. The minimum atomic E-state index is -1.34. The number of hydrogen-bond acceptors (Lipinski definition) is 8. The van der Waals surface area contributed by atoms with E-state index in [0.717, 1.165) is 24.0 Å². The number of nitrogens with zero attached hydrogens (tertiary/aromatic N) is 1. The molecule has 60 heavy (non-hydrogen) atoms. The Labute approximate surface area is 357 Å². The highest BCUT2D eigenvalue weighted by Crippen LogP contribution is 2.78. The van der Waals surface area contributed by atoms with E-state index in [1.54, 1.807) is 57.6 Å². The van der Waals surface area contributed by atoms with Crippen LogP contribution in [-0.2, 0) is 29.0 Å². The van der Waals surface area contributed by atoms with Crippen molar-refractivity contribution < 1.29 is 43.1 Å². The van der Waals surface area contributed by atoms with Crippen LogP contribution in [0, 0.1) is 39.3 Å². The Morgan fingerprint density at radius 2 is 1.55 bits per heavy atom. The Bertz CT molecular complexity index is 2240. The zero-order valence-corrected chi connectivity index (χ0v) is 36.2. The topological polar surface area (TPSA) is 115 Å². The molecule has 6 aliphatic carbocycles. The molecular formula is C49H57ClFNO8. The lowest BCUT2D eigenvalue weighted by Gasteiger charge is -2.71. The summed E-state index contributed by atoms with van der Waals surface area (Å²) in [6.07, 6.45) is 10.4. The fourth-order valence-corrected chi connectivity index (χ4v) is 12.9. The van der Waals surface area contributed by atoms with Gasteiger partial charge in [0.1, 0.15) is 17.3 Å². The van der Waals surface area contributed by atoms with Gasteiger partial charge in [-0.25, -0.2) is 4.39 Å². The molecule has 3 fully saturated rings. The first-order valence-corrected chi connectivity index (χ1v) is 21.5. The summed E-state index contributed by atoms with van der Waals surface area (Å²) >= 11 is 6.52. The summed E-state index contributed by atoms with van der Waals surface area (Å²) in [6, 6.07) is 15.4. The number of halogens is 2. The molecule has 6 aliphatic rings. The third kappa shape index (κ3) is 6.46. The van der Waals surface area contributed by atoms with Crippen molar-refractivity contribution in [1.29, 1.82) is 0 Å². The average Bonchev–Trinajstić information content (AvgIpc) is 3.51. The average molecular weight is 842 g/mol. The fourth-order valence-electron chi connectivity index (χ4n) is 12.6. The van der Waals surface area contributed by atoms with Crippen LogP contribution in [0.25, 0.3) is 0 Å². The third-order valence-corrected chi connectivity index (χ3v) is 16.2. The first-order valence-electron chi connectivity index (χ1n) is 21.1. The zero-order chi connectivity index (χ0) is 42.8. The Morgan fingerprint density at radius 1 is 0.833 bits per heavy atom. The van der Waals surface area contributed by atoms with Crippen LogP contribution in [0.5, 0.6) is 23.0 Å². The lowest BCUT2D eigenvalue weighted by atomic mass is 9.32. The maximum absolute atomic E-state index is 15.3. The molecule has 11 heteroatoms. The van der Waals surface area contributed by atoms with Gasteiger partial charge in [-0.05, 0) is 104 Å². The molecule has 0 aromatic heterocycles. The van der Waals surface area contributed by atoms with E-state index in [4.69, 9.17) is 30.5 Å². The number of hydrogen-bond donors (Lipinski definition) is 2. The number of aliphatic hydroxyl groups is 2. The highest BCUT2D eigenvalue weighted by atomic mass is 35.5. The van der Waals surface area contributed by atoms with Crippen LogP contribution in [-0.4, -0.2) is 73.5 Å². The number of amides is 1. The second-order valence-corrected chi connectivity index (χ2v) is 18.8. The van der Waals surface area contributed by atoms with Crippen LogP contribution in [0.2, 0.25) is 5.02 Å². The van der Waals surface area contributed by atoms with Crippen molar-refractivity contribution in [1.82, 2.24) is 4.90 Å². The molecule has 2 spiro atoms. The van der Waals surface area contributed by atoms with Crippen molar-refractivity contribution in [2.45, 2.75) is 89.9 Å². The summed E-state index contributed by atoms with van der Waals surface area (Å²) in [5.41, 5.74) is -1.27. The van der Waals surface area contributed by atoms with Gasteiger partial charge in [0.15, 0.2) is 17.3 Å². The van der Waals surface area contributed by atoms with Gasteiger partial charge in [0.25, 0.3) is 0 Å². The van der Waals surface area contributed by atoms with E-state index in [1.165, 1.54) is 12.1 Å². The Kier molecular flexibility index (Phi) is 10.9. The molecule has 3 aromatic rings. The summed E-state index contributed by atoms with van der Waals surface area (Å²) in [6.45, 7) is 4.70. The van der Waals surface area contributed by atoms with Crippen molar-refractivity contribution in [3.8, 4) is 23.0 Å². The molecule has 0 saturated heterocycles. The van der Waals surface area contributed by atoms with E-state index in [-0.39, 0.29) is 65.5 Å². The molecule has 3 aromatic carbocycles. The Morgan fingerprint density at radius 3 is 2.27 bits per heavy atom. The van der Waals surface area contributed by atoms with E-state index in [1.807, 2.05) is 18.2 Å². The van der Waals surface area contributed by atoms with Crippen molar-refractivity contribution in [2.24, 2.45) is 33.5 Å². The molecule has 2 N–H and O–H groups in total. The summed E-state index contributed by atoms with van der Waals surface area (Å²) < 4.78 is 37.6. The molecule has 9 nitrogen and oxygen atoms in total. The molecular weight excluding hydrogens is 785 g/mol. The molecule has 8 unspecified atom stereocenters. The van der Waals surface area contributed by atoms with Gasteiger partial charge in [0.05, 0.1) is 53.1 Å². The summed E-state index contributed by atoms with van der Waals surface area (Å²) in [5, 5.41) is 24.6. The smallest absolute Gasteiger partial charge is 0.227 e. The molecule has 1 amide bonds. The molecule has 0 heterocycles. The predicted molar refractivity (Wildman–Crippen MR) is 227 cm³/mol. The quantitative estimate of drug-likeness (QED) is 0.165. The van der Waals surface area contributed by atoms with Crippen molar-refractivity contribution in [3.63, 3.8) is 0 Å². The highest BCUT2D eigenvalue weighted by molar-refractivity contribution is 6.31. The normalized spacial score (nSPS) is 32.3. The van der Waals surface area contributed by atoms with E-state index < -0.39 is 33.8 Å². The van der Waals surface area contributed by atoms with Crippen LogP contribution in [0.4, 0.5) is 4.39 Å². The number of benzene rings is 3. The van der Waals surface area contributed by atoms with Gasteiger partial charge in [-0.15, -0.1) is 0 Å². The van der Waals surface area contributed by atoms with Crippen LogP contribution >= 0.6 is 11.6 Å². The second-order valence-electron chi connectivity index (χ2n) is 18.4. The van der Waals surface area contributed by atoms with Crippen molar-refractivity contribution in [3.05, 3.63) is 106 Å². The molecule has 2 bridgehead atoms. The number of fused-ring (bicyclic) bond motifs is 1. The predicted octanol–water partition coefficient (Wildman–Crippen LogP) is 8.49. The second kappa shape index (κ2) is 15.5. The van der Waals surface area contributed by atoms with Crippen LogP contribution in [0.3, 0.4) is 0 Å². The van der Waals surface area contributed by atoms with E-state index in [2.05, 4.69) is 32.1 Å². The first-order chi connectivity index (χ1) is 28.6. The monoisotopic (exact) mass is 841 g/mol. The lowest BCUT2D eigenvalue weighted by molar-refractivity contribution is -0.181. The number of ether oxygens (including phenoxy) is 4. The number of Topliss-reactive ketones (excluding diaryl/α,β-unsaturated/α-hetero) is 1. The number of methoxy groups -OCH3 is 4. The first kappa shape index (κ1) is 42.3. The summed E-state index contributed by atoms with van der Waals surface area (Å²) in [4.78, 5) is 31.3. The molecule has 8 atom stereocenters. The minimum absolute atomic E-state index is 0.0503. The van der Waals surface area contributed by atoms with E-state index in [0.29, 0.717) is 60.7 Å². The Balaban J connectivity index is 1.18. The maximum Gasteiger partial charge on any atom is 0.227 e. The van der Waals surface area contributed by atoms with Crippen LogP contribution < -0.4 is 18.9 Å². The minimum Gasteiger partial charge on any atom is -0.497 e. The molecule has 0 aliphatic heterocycles. The maximum atomic E-state index is 15.3. The SMILES string of the molecule is COc1ccc(CN(CC2(O)CCC3C45C=CC6(C=C4C(=O)Cc4c(F)cccc4Cl)CC(O)CCC6(C)C5CCC32C)C(=O)Cc2ccc(OC)c(OC)c2)c(OC)c1. The third-order valence-electron chi connectivity index (χ3n) is 15.9. The van der Waals surface area contributed by atoms with Crippen LogP contribution in [0.1, 0.15) is 75.5 Å². The lowest BCUT2D eigenvalue weighted by Crippen LogP contribution is -2.67. The fraction of sp³-hybridized carbons (Fsp3) is 0.510. The van der Waals surface area contributed by atoms with E-state index >= 15 is 4.39 Å². The number of allylic oxidation sites excluding steroid dienone is 4. The zero-order valence-electron chi connectivity index (χ0n) is 35.5. The largest absolute Gasteiger partial charge is 0.497 e. The van der Waals surface area contributed by atoms with Gasteiger partial charge in [-0.3, -0.25) is 9.59 Å². The van der Waals surface area contributed by atoms with Crippen molar-refractivity contribution >= 4 is 23.3 Å². The molecule has 9 rings (SSSR count). The van der Waals surface area contributed by atoms with Gasteiger partial charge >= 0.3 is 0 Å². The number of carbonyl (C=O) groups is 2. The van der Waals surface area contributed by atoms with Gasteiger partial charge in [0.2, 0.25) is 5.91 Å². The number of aliphatic hydroxyl groups excluding tert-OH is 1. The van der Waals surface area contributed by atoms with Gasteiger partial charge in [0, 0.05) is 57.0 Å². The molecule has 3 saturated carbocycles. The highest BCUT2D eigenvalue weighted by Gasteiger charge is 2.74.